The monoisotopic (exact) mass is 261 g/mol. The molecule has 1 heterocycles. The van der Waals surface area contributed by atoms with Gasteiger partial charge in [-0.2, -0.15) is 0 Å². The summed E-state index contributed by atoms with van der Waals surface area (Å²) in [6, 6.07) is 8.42. The van der Waals surface area contributed by atoms with Gasteiger partial charge in [-0.15, -0.1) is 0 Å². The van der Waals surface area contributed by atoms with Gasteiger partial charge >= 0.3 is 0 Å². The highest BCUT2D eigenvalue weighted by Crippen LogP contribution is 2.49. The standard InChI is InChI=1S/C17H27NO/c1-12-9-7-8-10-13(12)17(6,18)14-11-15(2,3)19-16(14,4)5/h7-10,14H,11,18H2,1-6H3. The third kappa shape index (κ3) is 2.56. The summed E-state index contributed by atoms with van der Waals surface area (Å²) in [5.74, 6) is 0.302. The van der Waals surface area contributed by atoms with Gasteiger partial charge in [0.05, 0.1) is 11.2 Å². The van der Waals surface area contributed by atoms with E-state index in [1.807, 2.05) is 0 Å². The van der Waals surface area contributed by atoms with E-state index in [0.29, 0.717) is 5.92 Å². The van der Waals surface area contributed by atoms with Crippen LogP contribution in [0.25, 0.3) is 0 Å². The zero-order valence-electron chi connectivity index (χ0n) is 13.1. The van der Waals surface area contributed by atoms with Crippen LogP contribution in [0.3, 0.4) is 0 Å². The molecule has 1 aromatic carbocycles. The molecule has 0 amide bonds. The van der Waals surface area contributed by atoms with E-state index in [1.165, 1.54) is 11.1 Å². The zero-order valence-corrected chi connectivity index (χ0v) is 13.1. The molecule has 1 aliphatic heterocycles. The highest BCUT2D eigenvalue weighted by molar-refractivity contribution is 5.33. The summed E-state index contributed by atoms with van der Waals surface area (Å²) < 4.78 is 6.22. The molecule has 0 radical (unpaired) electrons. The molecule has 2 heteroatoms. The van der Waals surface area contributed by atoms with Crippen LogP contribution >= 0.6 is 0 Å². The van der Waals surface area contributed by atoms with E-state index in [0.717, 1.165) is 6.42 Å². The van der Waals surface area contributed by atoms with Gasteiger partial charge in [0.1, 0.15) is 0 Å². The normalized spacial score (nSPS) is 28.1. The average Bonchev–Trinajstić information content (AvgIpc) is 2.47. The smallest absolute Gasteiger partial charge is 0.0683 e. The molecule has 1 aliphatic rings. The maximum atomic E-state index is 6.76. The van der Waals surface area contributed by atoms with Crippen LogP contribution in [-0.2, 0) is 10.3 Å². The molecule has 0 spiro atoms. The van der Waals surface area contributed by atoms with Crippen molar-refractivity contribution < 1.29 is 4.74 Å². The fourth-order valence-corrected chi connectivity index (χ4v) is 3.86. The van der Waals surface area contributed by atoms with E-state index in [1.54, 1.807) is 0 Å². The minimum atomic E-state index is -0.372. The molecule has 0 bridgehead atoms. The third-order valence-corrected chi connectivity index (χ3v) is 4.52. The van der Waals surface area contributed by atoms with Crippen LogP contribution in [0.4, 0.5) is 0 Å². The predicted octanol–water partition coefficient (Wildman–Crippen LogP) is 3.76. The van der Waals surface area contributed by atoms with Gasteiger partial charge in [-0.3, -0.25) is 0 Å². The Bertz CT molecular complexity index is 474. The molecule has 2 atom stereocenters. The minimum absolute atomic E-state index is 0.0997. The molecule has 0 aliphatic carbocycles. The Kier molecular flexibility index (Phi) is 3.31. The Labute approximate surface area is 117 Å². The van der Waals surface area contributed by atoms with E-state index >= 15 is 0 Å². The Hall–Kier alpha value is -0.860. The SMILES string of the molecule is Cc1ccccc1C(C)(N)C1CC(C)(C)OC1(C)C. The fraction of sp³-hybridized carbons (Fsp3) is 0.647. The maximum absolute atomic E-state index is 6.76. The van der Waals surface area contributed by atoms with Crippen molar-refractivity contribution in [2.75, 3.05) is 0 Å². The number of rotatable bonds is 2. The molecule has 2 nitrogen and oxygen atoms in total. The van der Waals surface area contributed by atoms with Crippen LogP contribution in [0.2, 0.25) is 0 Å². The van der Waals surface area contributed by atoms with Gasteiger partial charge < -0.3 is 10.5 Å². The van der Waals surface area contributed by atoms with E-state index in [-0.39, 0.29) is 16.7 Å². The molecule has 19 heavy (non-hydrogen) atoms. The lowest BCUT2D eigenvalue weighted by atomic mass is 9.70. The molecule has 0 aromatic heterocycles. The summed E-state index contributed by atoms with van der Waals surface area (Å²) in [5, 5.41) is 0. The second-order valence-electron chi connectivity index (χ2n) is 7.32. The second-order valence-corrected chi connectivity index (χ2v) is 7.32. The second kappa shape index (κ2) is 4.32. The molecule has 2 unspecified atom stereocenters. The van der Waals surface area contributed by atoms with Gasteiger partial charge in [-0.25, -0.2) is 0 Å². The van der Waals surface area contributed by atoms with Crippen molar-refractivity contribution in [2.24, 2.45) is 11.7 Å². The van der Waals surface area contributed by atoms with Crippen LogP contribution in [0, 0.1) is 12.8 Å². The first-order valence-electron chi connectivity index (χ1n) is 7.11. The summed E-state index contributed by atoms with van der Waals surface area (Å²) in [4.78, 5) is 0. The van der Waals surface area contributed by atoms with Gasteiger partial charge in [0.15, 0.2) is 0 Å². The zero-order chi connectivity index (χ0) is 14.5. The van der Waals surface area contributed by atoms with Crippen LogP contribution in [-0.4, -0.2) is 11.2 Å². The largest absolute Gasteiger partial charge is 0.369 e. The molecule has 1 saturated heterocycles. The van der Waals surface area contributed by atoms with E-state index in [2.05, 4.69) is 65.8 Å². The van der Waals surface area contributed by atoms with Crippen molar-refractivity contribution in [3.05, 3.63) is 35.4 Å². The van der Waals surface area contributed by atoms with Gasteiger partial charge in [-0.1, -0.05) is 24.3 Å². The van der Waals surface area contributed by atoms with Crippen molar-refractivity contribution in [1.82, 2.24) is 0 Å². The lowest BCUT2D eigenvalue weighted by molar-refractivity contribution is -0.0814. The molecule has 1 aromatic rings. The maximum Gasteiger partial charge on any atom is 0.0683 e. The fourth-order valence-electron chi connectivity index (χ4n) is 3.86. The lowest BCUT2D eigenvalue weighted by Gasteiger charge is -2.40. The average molecular weight is 261 g/mol. The highest BCUT2D eigenvalue weighted by atomic mass is 16.5. The van der Waals surface area contributed by atoms with Crippen molar-refractivity contribution in [2.45, 2.75) is 64.7 Å². The summed E-state index contributed by atoms with van der Waals surface area (Å²) in [6.45, 7) is 12.9. The first-order valence-corrected chi connectivity index (χ1v) is 7.11. The summed E-state index contributed by atoms with van der Waals surface area (Å²) in [5.41, 5.74) is 8.58. The van der Waals surface area contributed by atoms with Crippen LogP contribution < -0.4 is 5.73 Å². The number of hydrogen-bond acceptors (Lipinski definition) is 2. The first kappa shape index (κ1) is 14.5. The summed E-state index contributed by atoms with van der Waals surface area (Å²) >= 11 is 0. The molecule has 2 rings (SSSR count). The third-order valence-electron chi connectivity index (χ3n) is 4.52. The molecule has 2 N–H and O–H groups in total. The number of nitrogens with two attached hydrogens (primary N) is 1. The molecule has 1 fully saturated rings. The summed E-state index contributed by atoms with van der Waals surface area (Å²) in [6.07, 6.45) is 0.987. The Morgan fingerprint density at radius 1 is 1.21 bits per heavy atom. The Balaban J connectivity index is 2.43. The molecular formula is C17H27NO. The predicted molar refractivity (Wildman–Crippen MR) is 80.1 cm³/mol. The highest BCUT2D eigenvalue weighted by Gasteiger charge is 2.53. The minimum Gasteiger partial charge on any atom is -0.369 e. The number of aryl methyl sites for hydroxylation is 1. The van der Waals surface area contributed by atoms with E-state index < -0.39 is 0 Å². The molecular weight excluding hydrogens is 234 g/mol. The van der Waals surface area contributed by atoms with Gasteiger partial charge in [0.25, 0.3) is 0 Å². The van der Waals surface area contributed by atoms with E-state index in [4.69, 9.17) is 10.5 Å². The Morgan fingerprint density at radius 3 is 2.26 bits per heavy atom. The van der Waals surface area contributed by atoms with E-state index in [9.17, 15) is 0 Å². The Morgan fingerprint density at radius 2 is 1.79 bits per heavy atom. The van der Waals surface area contributed by atoms with Crippen molar-refractivity contribution in [3.8, 4) is 0 Å². The quantitative estimate of drug-likeness (QED) is 0.879. The topological polar surface area (TPSA) is 35.2 Å². The van der Waals surface area contributed by atoms with Gasteiger partial charge in [-0.05, 0) is 59.1 Å². The van der Waals surface area contributed by atoms with Crippen LogP contribution in [0.5, 0.6) is 0 Å². The number of ether oxygens (including phenoxy) is 1. The van der Waals surface area contributed by atoms with Crippen LogP contribution in [0.1, 0.15) is 52.2 Å². The van der Waals surface area contributed by atoms with Gasteiger partial charge in [0.2, 0.25) is 0 Å². The first-order chi connectivity index (χ1) is 8.56. The lowest BCUT2D eigenvalue weighted by Crippen LogP contribution is -2.49. The summed E-state index contributed by atoms with van der Waals surface area (Å²) in [7, 11) is 0. The van der Waals surface area contributed by atoms with Crippen LogP contribution in [0.15, 0.2) is 24.3 Å². The van der Waals surface area contributed by atoms with Crippen molar-refractivity contribution in [1.29, 1.82) is 0 Å². The number of hydrogen-bond donors (Lipinski definition) is 1. The van der Waals surface area contributed by atoms with Crippen molar-refractivity contribution in [3.63, 3.8) is 0 Å². The molecule has 106 valence electrons. The van der Waals surface area contributed by atoms with Gasteiger partial charge in [0, 0.05) is 11.5 Å². The van der Waals surface area contributed by atoms with Crippen molar-refractivity contribution >= 4 is 0 Å². The number of benzene rings is 1. The molecule has 0 saturated carbocycles.